The zero-order chi connectivity index (χ0) is 14.5. The normalized spacial score (nSPS) is 16.7. The molecule has 0 unspecified atom stereocenters. The molecule has 0 amide bonds. The number of hydrogen-bond acceptors (Lipinski definition) is 3. The third-order valence-corrected chi connectivity index (χ3v) is 4.91. The van der Waals surface area contributed by atoms with Crippen molar-refractivity contribution < 1.29 is 4.90 Å². The van der Waals surface area contributed by atoms with Gasteiger partial charge in [0.2, 0.25) is 0 Å². The van der Waals surface area contributed by atoms with E-state index >= 15 is 0 Å². The molecule has 2 heterocycles. The number of benzene rings is 1. The van der Waals surface area contributed by atoms with Crippen LogP contribution in [0, 0.1) is 0 Å². The summed E-state index contributed by atoms with van der Waals surface area (Å²) in [6.07, 6.45) is 1.96. The average molecular weight is 321 g/mol. The number of hydrogen-bond donors (Lipinski definition) is 1. The van der Waals surface area contributed by atoms with E-state index in [9.17, 15) is 0 Å². The Bertz CT molecular complexity index is 589. The van der Waals surface area contributed by atoms with Crippen LogP contribution in [0.1, 0.15) is 10.4 Å². The number of halogens is 1. The first kappa shape index (κ1) is 14.6. The van der Waals surface area contributed by atoms with Gasteiger partial charge < -0.3 is 4.90 Å². The molecule has 0 atom stereocenters. The number of hydrazone groups is 1. The van der Waals surface area contributed by atoms with E-state index in [2.05, 4.69) is 39.8 Å². The minimum Gasteiger partial charge on any atom is -0.328 e. The summed E-state index contributed by atoms with van der Waals surface area (Å²) < 4.78 is 0. The fraction of sp³-hybridized carbons (Fsp3) is 0.312. The van der Waals surface area contributed by atoms with Crippen molar-refractivity contribution in [2.75, 3.05) is 26.2 Å². The first-order valence-electron chi connectivity index (χ1n) is 7.21. The number of nitrogens with one attached hydrogen (secondary N) is 1. The molecule has 3 nitrogen and oxygen atoms in total. The van der Waals surface area contributed by atoms with Crippen molar-refractivity contribution in [2.24, 2.45) is 5.10 Å². The zero-order valence-electron chi connectivity index (χ0n) is 11.8. The molecule has 1 aliphatic heterocycles. The Kier molecular flexibility index (Phi) is 4.91. The first-order chi connectivity index (χ1) is 10.3. The fourth-order valence-corrected chi connectivity index (χ4v) is 3.30. The molecule has 5 heteroatoms. The van der Waals surface area contributed by atoms with Gasteiger partial charge in [0.1, 0.15) is 6.54 Å². The molecule has 0 bridgehead atoms. The smallest absolute Gasteiger partial charge is 0.104 e. The van der Waals surface area contributed by atoms with Gasteiger partial charge in [-0.25, -0.2) is 0 Å². The highest BCUT2D eigenvalue weighted by atomic mass is 35.5. The molecule has 1 aromatic carbocycles. The lowest BCUT2D eigenvalue weighted by atomic mass is 10.2. The lowest BCUT2D eigenvalue weighted by molar-refractivity contribution is -0.918. The Morgan fingerprint density at radius 3 is 2.71 bits per heavy atom. The average Bonchev–Trinajstić information content (AvgIpc) is 3.02. The van der Waals surface area contributed by atoms with Crippen molar-refractivity contribution in [1.82, 2.24) is 5.01 Å². The van der Waals surface area contributed by atoms with Gasteiger partial charge in [0.05, 0.1) is 32.4 Å². The van der Waals surface area contributed by atoms with Crippen LogP contribution in [0.5, 0.6) is 0 Å². The summed E-state index contributed by atoms with van der Waals surface area (Å²) in [5, 5.41) is 9.68. The molecule has 0 spiro atoms. The van der Waals surface area contributed by atoms with E-state index in [0.717, 1.165) is 37.7 Å². The second-order valence-corrected chi connectivity index (χ2v) is 6.62. The maximum Gasteiger partial charge on any atom is 0.104 e. The molecular weight excluding hydrogens is 302 g/mol. The van der Waals surface area contributed by atoms with E-state index in [1.54, 1.807) is 16.2 Å². The van der Waals surface area contributed by atoms with Crippen LogP contribution >= 0.6 is 22.9 Å². The van der Waals surface area contributed by atoms with Gasteiger partial charge >= 0.3 is 0 Å². The van der Waals surface area contributed by atoms with Crippen LogP contribution in [-0.4, -0.2) is 37.4 Å². The lowest BCUT2D eigenvalue weighted by Gasteiger charge is -2.30. The van der Waals surface area contributed by atoms with Crippen LogP contribution in [-0.2, 0) is 6.54 Å². The predicted molar refractivity (Wildman–Crippen MR) is 89.3 cm³/mol. The van der Waals surface area contributed by atoms with Gasteiger partial charge in [0, 0.05) is 15.5 Å². The summed E-state index contributed by atoms with van der Waals surface area (Å²) in [6, 6.07) is 12.3. The standard InChI is InChI=1S/C16H18ClN3S/c17-16-6-2-1-4-14(16)13-19-7-9-20(10-8-19)18-12-15-5-3-11-21-15/h1-6,11-12H,7-10,13H2/p+1. The van der Waals surface area contributed by atoms with Gasteiger partial charge in [-0.2, -0.15) is 5.10 Å². The van der Waals surface area contributed by atoms with E-state index in [1.165, 1.54) is 10.4 Å². The highest BCUT2D eigenvalue weighted by Gasteiger charge is 2.19. The van der Waals surface area contributed by atoms with Crippen molar-refractivity contribution in [1.29, 1.82) is 0 Å². The summed E-state index contributed by atoms with van der Waals surface area (Å²) in [5.74, 6) is 0. The Hall–Kier alpha value is -1.36. The minimum atomic E-state index is 0.878. The van der Waals surface area contributed by atoms with Crippen molar-refractivity contribution >= 4 is 29.2 Å². The molecule has 1 aromatic heterocycles. The Morgan fingerprint density at radius 1 is 1.19 bits per heavy atom. The monoisotopic (exact) mass is 320 g/mol. The number of nitrogens with zero attached hydrogens (tertiary/aromatic N) is 2. The number of thiophene rings is 1. The topological polar surface area (TPSA) is 20.0 Å². The lowest BCUT2D eigenvalue weighted by Crippen LogP contribution is -3.13. The van der Waals surface area contributed by atoms with E-state index in [-0.39, 0.29) is 0 Å². The van der Waals surface area contributed by atoms with E-state index in [0.29, 0.717) is 0 Å². The molecule has 110 valence electrons. The molecule has 1 fully saturated rings. The number of quaternary nitrogens is 1. The van der Waals surface area contributed by atoms with Crippen LogP contribution in [0.15, 0.2) is 46.9 Å². The molecule has 21 heavy (non-hydrogen) atoms. The molecule has 1 saturated heterocycles. The molecule has 0 aliphatic carbocycles. The van der Waals surface area contributed by atoms with E-state index in [1.807, 2.05) is 18.3 Å². The van der Waals surface area contributed by atoms with Crippen molar-refractivity contribution in [3.63, 3.8) is 0 Å². The molecule has 1 N–H and O–H groups in total. The van der Waals surface area contributed by atoms with Crippen LogP contribution in [0.3, 0.4) is 0 Å². The summed E-state index contributed by atoms with van der Waals surface area (Å²) >= 11 is 7.95. The molecule has 2 aromatic rings. The van der Waals surface area contributed by atoms with Crippen LogP contribution < -0.4 is 4.90 Å². The molecule has 0 radical (unpaired) electrons. The second kappa shape index (κ2) is 7.07. The predicted octanol–water partition coefficient (Wildman–Crippen LogP) is 2.14. The van der Waals surface area contributed by atoms with Gasteiger partial charge in [0.25, 0.3) is 0 Å². The van der Waals surface area contributed by atoms with Crippen molar-refractivity contribution in [3.8, 4) is 0 Å². The maximum atomic E-state index is 6.23. The Balaban J connectivity index is 1.50. The van der Waals surface area contributed by atoms with E-state index < -0.39 is 0 Å². The Labute approximate surface area is 134 Å². The molecular formula is C16H19ClN3S+. The van der Waals surface area contributed by atoms with Gasteiger partial charge in [-0.3, -0.25) is 5.01 Å². The van der Waals surface area contributed by atoms with Crippen molar-refractivity contribution in [3.05, 3.63) is 57.2 Å². The third-order valence-electron chi connectivity index (χ3n) is 3.74. The highest BCUT2D eigenvalue weighted by Crippen LogP contribution is 2.13. The minimum absolute atomic E-state index is 0.878. The van der Waals surface area contributed by atoms with Crippen LogP contribution in [0.4, 0.5) is 0 Å². The van der Waals surface area contributed by atoms with Gasteiger partial charge in [0.15, 0.2) is 0 Å². The van der Waals surface area contributed by atoms with Crippen LogP contribution in [0.25, 0.3) is 0 Å². The summed E-state index contributed by atoms with van der Waals surface area (Å²) in [6.45, 7) is 5.21. The van der Waals surface area contributed by atoms with Gasteiger partial charge in [-0.05, 0) is 17.5 Å². The second-order valence-electron chi connectivity index (χ2n) is 5.23. The fourth-order valence-electron chi connectivity index (χ4n) is 2.52. The quantitative estimate of drug-likeness (QED) is 0.856. The SMILES string of the molecule is Clc1ccccc1C[NH+]1CCN(N=Cc2cccs2)CC1. The van der Waals surface area contributed by atoms with Crippen molar-refractivity contribution in [2.45, 2.75) is 6.54 Å². The van der Waals surface area contributed by atoms with Crippen LogP contribution in [0.2, 0.25) is 5.02 Å². The Morgan fingerprint density at radius 2 is 2.00 bits per heavy atom. The van der Waals surface area contributed by atoms with E-state index in [4.69, 9.17) is 11.6 Å². The summed E-state index contributed by atoms with van der Waals surface area (Å²) in [7, 11) is 0. The number of rotatable bonds is 4. The van der Waals surface area contributed by atoms with Gasteiger partial charge in [-0.1, -0.05) is 35.9 Å². The maximum absolute atomic E-state index is 6.23. The molecule has 1 aliphatic rings. The zero-order valence-corrected chi connectivity index (χ0v) is 13.4. The van der Waals surface area contributed by atoms with Gasteiger partial charge in [-0.15, -0.1) is 11.3 Å². The molecule has 0 saturated carbocycles. The largest absolute Gasteiger partial charge is 0.328 e. The summed E-state index contributed by atoms with van der Waals surface area (Å²) in [4.78, 5) is 2.78. The third kappa shape index (κ3) is 4.06. The molecule has 3 rings (SSSR count). The summed E-state index contributed by atoms with van der Waals surface area (Å²) in [5.41, 5.74) is 1.24. The number of piperazine rings is 1. The first-order valence-corrected chi connectivity index (χ1v) is 8.46. The highest BCUT2D eigenvalue weighted by molar-refractivity contribution is 7.11.